The second-order valence-electron chi connectivity index (χ2n) is 5.48. The monoisotopic (exact) mass is 271 g/mol. The summed E-state index contributed by atoms with van der Waals surface area (Å²) in [6.45, 7) is 7.67. The van der Waals surface area contributed by atoms with E-state index < -0.39 is 5.38 Å². The van der Waals surface area contributed by atoms with Crippen molar-refractivity contribution in [3.63, 3.8) is 0 Å². The molecule has 4 heteroatoms. The zero-order chi connectivity index (χ0) is 13.9. The van der Waals surface area contributed by atoms with E-state index in [0.717, 1.165) is 5.56 Å². The molecule has 0 spiro atoms. The van der Waals surface area contributed by atoms with Crippen LogP contribution in [-0.4, -0.2) is 11.3 Å². The molecule has 1 aromatic rings. The Balaban J connectivity index is 2.99. The standard InChI is InChI=1S/C14H19ClFNO/c1-9(15)13(18)17-12(14(2,3)4)10-5-7-11(16)8-6-10/h5-9,12H,1-4H3,(H,17,18). The van der Waals surface area contributed by atoms with Gasteiger partial charge in [-0.05, 0) is 30.0 Å². The molecule has 1 N–H and O–H groups in total. The maximum absolute atomic E-state index is 12.9. The van der Waals surface area contributed by atoms with Crippen LogP contribution in [0.3, 0.4) is 0 Å². The fourth-order valence-electron chi connectivity index (χ4n) is 1.71. The van der Waals surface area contributed by atoms with Gasteiger partial charge in [0.2, 0.25) is 5.91 Å². The van der Waals surface area contributed by atoms with E-state index >= 15 is 0 Å². The fraction of sp³-hybridized carbons (Fsp3) is 0.500. The van der Waals surface area contributed by atoms with Crippen molar-refractivity contribution < 1.29 is 9.18 Å². The number of hydrogen-bond acceptors (Lipinski definition) is 1. The topological polar surface area (TPSA) is 29.1 Å². The van der Waals surface area contributed by atoms with Crippen molar-refractivity contribution in [3.8, 4) is 0 Å². The number of hydrogen-bond donors (Lipinski definition) is 1. The molecule has 0 radical (unpaired) electrons. The van der Waals surface area contributed by atoms with Crippen LogP contribution < -0.4 is 5.32 Å². The molecule has 0 aliphatic heterocycles. The third kappa shape index (κ3) is 3.98. The van der Waals surface area contributed by atoms with Crippen LogP contribution in [0.25, 0.3) is 0 Å². The Morgan fingerprint density at radius 1 is 1.28 bits per heavy atom. The van der Waals surface area contributed by atoms with Crippen LogP contribution in [0.2, 0.25) is 0 Å². The molecule has 0 aliphatic rings. The van der Waals surface area contributed by atoms with E-state index in [1.807, 2.05) is 20.8 Å². The minimum atomic E-state index is -0.588. The number of alkyl halides is 1. The molecule has 1 aromatic carbocycles. The van der Waals surface area contributed by atoms with Gasteiger partial charge in [0, 0.05) is 0 Å². The largest absolute Gasteiger partial charge is 0.347 e. The first-order valence-corrected chi connectivity index (χ1v) is 6.35. The lowest BCUT2D eigenvalue weighted by Gasteiger charge is -2.32. The number of carbonyl (C=O) groups is 1. The van der Waals surface area contributed by atoms with E-state index in [-0.39, 0.29) is 23.2 Å². The number of benzene rings is 1. The highest BCUT2D eigenvalue weighted by Gasteiger charge is 2.28. The summed E-state index contributed by atoms with van der Waals surface area (Å²) in [5.41, 5.74) is 0.689. The minimum Gasteiger partial charge on any atom is -0.347 e. The van der Waals surface area contributed by atoms with Gasteiger partial charge in [0.05, 0.1) is 6.04 Å². The molecule has 1 rings (SSSR count). The third-order valence-electron chi connectivity index (χ3n) is 2.72. The summed E-state index contributed by atoms with van der Waals surface area (Å²) in [5.74, 6) is -0.510. The molecule has 2 atom stereocenters. The molecular weight excluding hydrogens is 253 g/mol. The lowest BCUT2D eigenvalue weighted by atomic mass is 9.82. The number of rotatable bonds is 3. The van der Waals surface area contributed by atoms with Crippen molar-refractivity contribution in [1.29, 1.82) is 0 Å². The Kier molecular flexibility index (Phi) is 4.74. The summed E-state index contributed by atoms with van der Waals surface area (Å²) in [7, 11) is 0. The Morgan fingerprint density at radius 3 is 2.17 bits per heavy atom. The second-order valence-corrected chi connectivity index (χ2v) is 6.13. The first kappa shape index (κ1) is 15.0. The summed E-state index contributed by atoms with van der Waals surface area (Å²) in [6, 6.07) is 5.95. The first-order valence-electron chi connectivity index (χ1n) is 5.91. The van der Waals surface area contributed by atoms with Gasteiger partial charge in [-0.2, -0.15) is 0 Å². The summed E-state index contributed by atoms with van der Waals surface area (Å²) < 4.78 is 12.9. The van der Waals surface area contributed by atoms with Crippen molar-refractivity contribution in [2.75, 3.05) is 0 Å². The Morgan fingerprint density at radius 2 is 1.78 bits per heavy atom. The SMILES string of the molecule is CC(Cl)C(=O)NC(c1ccc(F)cc1)C(C)(C)C. The Hall–Kier alpha value is -1.09. The molecule has 0 bridgehead atoms. The van der Waals surface area contributed by atoms with Crippen LogP contribution in [-0.2, 0) is 4.79 Å². The summed E-state index contributed by atoms with van der Waals surface area (Å²) >= 11 is 5.76. The van der Waals surface area contributed by atoms with E-state index in [4.69, 9.17) is 11.6 Å². The van der Waals surface area contributed by atoms with Gasteiger partial charge in [-0.3, -0.25) is 4.79 Å². The van der Waals surface area contributed by atoms with E-state index in [9.17, 15) is 9.18 Å². The van der Waals surface area contributed by atoms with Crippen molar-refractivity contribution in [2.45, 2.75) is 39.1 Å². The molecule has 0 fully saturated rings. The van der Waals surface area contributed by atoms with Gasteiger partial charge in [0.1, 0.15) is 11.2 Å². The highest BCUT2D eigenvalue weighted by atomic mass is 35.5. The molecule has 2 nitrogen and oxygen atoms in total. The lowest BCUT2D eigenvalue weighted by Crippen LogP contribution is -2.39. The molecular formula is C14H19ClFNO. The van der Waals surface area contributed by atoms with Crippen LogP contribution in [0.15, 0.2) is 24.3 Å². The predicted molar refractivity (Wildman–Crippen MR) is 72.1 cm³/mol. The van der Waals surface area contributed by atoms with E-state index in [1.54, 1.807) is 19.1 Å². The molecule has 2 unspecified atom stereocenters. The van der Waals surface area contributed by atoms with Crippen LogP contribution in [0, 0.1) is 11.2 Å². The lowest BCUT2D eigenvalue weighted by molar-refractivity contribution is -0.122. The molecule has 0 saturated heterocycles. The van der Waals surface area contributed by atoms with E-state index in [0.29, 0.717) is 0 Å². The highest BCUT2D eigenvalue weighted by molar-refractivity contribution is 6.30. The number of halogens is 2. The van der Waals surface area contributed by atoms with Gasteiger partial charge < -0.3 is 5.32 Å². The smallest absolute Gasteiger partial charge is 0.238 e. The maximum atomic E-state index is 12.9. The average Bonchev–Trinajstić information content (AvgIpc) is 2.25. The van der Waals surface area contributed by atoms with Crippen LogP contribution in [0.1, 0.15) is 39.3 Å². The van der Waals surface area contributed by atoms with Crippen LogP contribution in [0.4, 0.5) is 4.39 Å². The maximum Gasteiger partial charge on any atom is 0.238 e. The van der Waals surface area contributed by atoms with Crippen molar-refractivity contribution in [2.24, 2.45) is 5.41 Å². The van der Waals surface area contributed by atoms with E-state index in [2.05, 4.69) is 5.32 Å². The summed E-state index contributed by atoms with van der Waals surface area (Å²) in [5, 5.41) is 2.31. The quantitative estimate of drug-likeness (QED) is 0.836. The van der Waals surface area contributed by atoms with Gasteiger partial charge >= 0.3 is 0 Å². The average molecular weight is 272 g/mol. The number of amides is 1. The molecule has 0 saturated carbocycles. The molecule has 18 heavy (non-hydrogen) atoms. The van der Waals surface area contributed by atoms with Crippen molar-refractivity contribution >= 4 is 17.5 Å². The molecule has 0 aromatic heterocycles. The number of carbonyl (C=O) groups excluding carboxylic acids is 1. The molecule has 100 valence electrons. The Bertz CT molecular complexity index is 409. The van der Waals surface area contributed by atoms with Gasteiger partial charge in [-0.15, -0.1) is 11.6 Å². The van der Waals surface area contributed by atoms with Gasteiger partial charge in [-0.25, -0.2) is 4.39 Å². The van der Waals surface area contributed by atoms with Crippen molar-refractivity contribution in [3.05, 3.63) is 35.6 Å². The summed E-state index contributed by atoms with van der Waals surface area (Å²) in [6.07, 6.45) is 0. The molecule has 1 amide bonds. The molecule has 0 aliphatic carbocycles. The van der Waals surface area contributed by atoms with Crippen LogP contribution >= 0.6 is 11.6 Å². The minimum absolute atomic E-state index is 0.181. The zero-order valence-electron chi connectivity index (χ0n) is 11.1. The second kappa shape index (κ2) is 5.70. The molecule has 0 heterocycles. The predicted octanol–water partition coefficient (Wildman–Crippen LogP) is 3.66. The fourth-order valence-corrected chi connectivity index (χ4v) is 1.78. The normalized spacial score (nSPS) is 15.0. The van der Waals surface area contributed by atoms with Crippen LogP contribution in [0.5, 0.6) is 0 Å². The Labute approximate surface area is 113 Å². The third-order valence-corrected chi connectivity index (χ3v) is 2.92. The zero-order valence-corrected chi connectivity index (χ0v) is 11.9. The summed E-state index contributed by atoms with van der Waals surface area (Å²) in [4.78, 5) is 11.7. The number of nitrogens with one attached hydrogen (secondary N) is 1. The first-order chi connectivity index (χ1) is 8.21. The van der Waals surface area contributed by atoms with Gasteiger partial charge in [0.15, 0.2) is 0 Å². The highest BCUT2D eigenvalue weighted by Crippen LogP contribution is 2.32. The van der Waals surface area contributed by atoms with Crippen molar-refractivity contribution in [1.82, 2.24) is 5.32 Å². The van der Waals surface area contributed by atoms with E-state index in [1.165, 1.54) is 12.1 Å². The van der Waals surface area contributed by atoms with Gasteiger partial charge in [0.25, 0.3) is 0 Å². The van der Waals surface area contributed by atoms with Gasteiger partial charge in [-0.1, -0.05) is 32.9 Å².